The van der Waals surface area contributed by atoms with E-state index < -0.39 is 52.8 Å². The van der Waals surface area contributed by atoms with E-state index in [9.17, 15) is 19.8 Å². The van der Waals surface area contributed by atoms with Crippen molar-refractivity contribution in [3.8, 4) is 5.75 Å². The molecule has 0 spiro atoms. The zero-order chi connectivity index (χ0) is 27.5. The molecular formula is C30H39NO7. The highest BCUT2D eigenvalue weighted by Gasteiger charge is 2.73. The normalized spacial score (nSPS) is 32.4. The Morgan fingerprint density at radius 3 is 2.34 bits per heavy atom. The third kappa shape index (κ3) is 4.93. The van der Waals surface area contributed by atoms with Crippen molar-refractivity contribution in [3.05, 3.63) is 65.7 Å². The van der Waals surface area contributed by atoms with Crippen LogP contribution in [-0.2, 0) is 31.9 Å². The van der Waals surface area contributed by atoms with E-state index in [2.05, 4.69) is 5.32 Å². The van der Waals surface area contributed by atoms with Gasteiger partial charge in [0.15, 0.2) is 5.41 Å². The molecule has 0 radical (unpaired) electrons. The van der Waals surface area contributed by atoms with Crippen molar-refractivity contribution in [2.75, 3.05) is 27.4 Å². The number of ether oxygens (including phenoxy) is 3. The van der Waals surface area contributed by atoms with Gasteiger partial charge in [0.1, 0.15) is 5.75 Å². The Balaban J connectivity index is 1.55. The molecule has 1 aliphatic carbocycles. The Morgan fingerprint density at radius 1 is 1.03 bits per heavy atom. The van der Waals surface area contributed by atoms with E-state index in [1.165, 1.54) is 7.11 Å². The number of methoxy groups -OCH3 is 2. The standard InChI is InChI=1S/C30H39NO7/c1-19-25-24(18-21-8-6-5-7-9-21)31-27(33)30(25,28(34)37-4)23(26(32)29(19,2)35)15-17-38-16-14-20-10-12-22(36-3)13-11-20/h5-13,19,23-26,32,35H,14-18H2,1-4H3,(H,31,33)/t19-,23-,24-,25-,26-,29+,30+/m0/s1. The van der Waals surface area contributed by atoms with Crippen molar-refractivity contribution in [1.29, 1.82) is 0 Å². The number of carbonyl (C=O) groups excluding carboxylic acids is 2. The largest absolute Gasteiger partial charge is 0.497 e. The SMILES string of the molecule is COC(=O)[C@@]12C(=O)N[C@@H](Cc3ccccc3)[C@@H]1[C@H](C)[C@@](C)(O)[C@@H](O)[C@@H]2CCOCCc1ccc(OC)cc1. The first-order chi connectivity index (χ1) is 18.2. The van der Waals surface area contributed by atoms with Crippen molar-refractivity contribution in [3.63, 3.8) is 0 Å². The second kappa shape index (κ2) is 11.4. The summed E-state index contributed by atoms with van der Waals surface area (Å²) < 4.78 is 16.3. The fourth-order valence-corrected chi connectivity index (χ4v) is 6.57. The number of nitrogens with one attached hydrogen (secondary N) is 1. The monoisotopic (exact) mass is 525 g/mol. The van der Waals surface area contributed by atoms with Crippen LogP contribution >= 0.6 is 0 Å². The number of esters is 1. The Labute approximate surface area is 224 Å². The number of fused-ring (bicyclic) bond motifs is 1. The lowest BCUT2D eigenvalue weighted by Crippen LogP contribution is -2.68. The molecule has 2 aromatic carbocycles. The Kier molecular flexibility index (Phi) is 8.45. The van der Waals surface area contributed by atoms with Crippen LogP contribution in [0.4, 0.5) is 0 Å². The van der Waals surface area contributed by atoms with Crippen molar-refractivity contribution in [2.24, 2.45) is 23.2 Å². The molecule has 8 heteroatoms. The molecule has 7 atom stereocenters. The minimum absolute atomic E-state index is 0.212. The maximum atomic E-state index is 13.7. The lowest BCUT2D eigenvalue weighted by Gasteiger charge is -2.54. The highest BCUT2D eigenvalue weighted by Crippen LogP contribution is 2.58. The second-order valence-corrected chi connectivity index (χ2v) is 10.7. The molecule has 1 aliphatic heterocycles. The summed E-state index contributed by atoms with van der Waals surface area (Å²) >= 11 is 0. The minimum atomic E-state index is -1.63. The zero-order valence-electron chi connectivity index (χ0n) is 22.6. The van der Waals surface area contributed by atoms with Gasteiger partial charge >= 0.3 is 5.97 Å². The van der Waals surface area contributed by atoms with E-state index in [-0.39, 0.29) is 13.0 Å². The van der Waals surface area contributed by atoms with Crippen LogP contribution in [0, 0.1) is 23.2 Å². The molecule has 2 aliphatic rings. The lowest BCUT2D eigenvalue weighted by molar-refractivity contribution is -0.219. The molecule has 1 saturated carbocycles. The van der Waals surface area contributed by atoms with E-state index in [4.69, 9.17) is 14.2 Å². The molecule has 1 heterocycles. The number of hydrogen-bond donors (Lipinski definition) is 3. The summed E-state index contributed by atoms with van der Waals surface area (Å²) in [5, 5.41) is 25.9. The average molecular weight is 526 g/mol. The molecule has 1 saturated heterocycles. The smallest absolute Gasteiger partial charge is 0.322 e. The van der Waals surface area contributed by atoms with Gasteiger partial charge in [0.05, 0.1) is 32.5 Å². The molecule has 2 fully saturated rings. The van der Waals surface area contributed by atoms with E-state index >= 15 is 0 Å². The first kappa shape index (κ1) is 28.1. The number of rotatable bonds is 10. The first-order valence-corrected chi connectivity index (χ1v) is 13.2. The summed E-state index contributed by atoms with van der Waals surface area (Å²) in [5.41, 5.74) is -1.05. The topological polar surface area (TPSA) is 114 Å². The molecule has 38 heavy (non-hydrogen) atoms. The number of amides is 1. The highest BCUT2D eigenvalue weighted by atomic mass is 16.5. The first-order valence-electron chi connectivity index (χ1n) is 13.2. The number of aliphatic hydroxyl groups is 2. The van der Waals surface area contributed by atoms with Crippen LogP contribution < -0.4 is 10.1 Å². The van der Waals surface area contributed by atoms with Gasteiger partial charge in [0.25, 0.3) is 0 Å². The van der Waals surface area contributed by atoms with Crippen LogP contribution in [0.15, 0.2) is 54.6 Å². The predicted octanol–water partition coefficient (Wildman–Crippen LogP) is 2.54. The molecule has 8 nitrogen and oxygen atoms in total. The summed E-state index contributed by atoms with van der Waals surface area (Å²) in [4.78, 5) is 27.2. The summed E-state index contributed by atoms with van der Waals surface area (Å²) in [6, 6.07) is 17.0. The quantitative estimate of drug-likeness (QED) is 0.248. The lowest BCUT2D eigenvalue weighted by atomic mass is 9.50. The molecule has 0 bridgehead atoms. The van der Waals surface area contributed by atoms with E-state index in [1.54, 1.807) is 21.0 Å². The average Bonchev–Trinajstić information content (AvgIpc) is 3.21. The van der Waals surface area contributed by atoms with Crippen LogP contribution in [0.1, 0.15) is 31.4 Å². The third-order valence-electron chi connectivity index (χ3n) is 8.77. The molecule has 3 N–H and O–H groups in total. The molecule has 4 rings (SSSR count). The van der Waals surface area contributed by atoms with Crippen LogP contribution in [0.5, 0.6) is 5.75 Å². The Morgan fingerprint density at radius 2 is 1.71 bits per heavy atom. The number of aliphatic hydroxyl groups excluding tert-OH is 1. The van der Waals surface area contributed by atoms with Crippen LogP contribution in [-0.4, -0.2) is 67.3 Å². The summed E-state index contributed by atoms with van der Waals surface area (Å²) in [6.45, 7) is 4.03. The van der Waals surface area contributed by atoms with Gasteiger partial charge < -0.3 is 29.7 Å². The van der Waals surface area contributed by atoms with E-state index in [0.717, 1.165) is 16.9 Å². The molecule has 1 amide bonds. The van der Waals surface area contributed by atoms with Gasteiger partial charge in [-0.1, -0.05) is 49.4 Å². The predicted molar refractivity (Wildman–Crippen MR) is 141 cm³/mol. The second-order valence-electron chi connectivity index (χ2n) is 10.7. The summed E-state index contributed by atoms with van der Waals surface area (Å²) in [6.07, 6.45) is 0.0665. The van der Waals surface area contributed by atoms with Crippen LogP contribution in [0.25, 0.3) is 0 Å². The van der Waals surface area contributed by atoms with Gasteiger partial charge in [-0.2, -0.15) is 0 Å². The summed E-state index contributed by atoms with van der Waals surface area (Å²) in [5.74, 6) is -2.37. The Bertz CT molecular complexity index is 1100. The van der Waals surface area contributed by atoms with Crippen LogP contribution in [0.3, 0.4) is 0 Å². The van der Waals surface area contributed by atoms with Crippen molar-refractivity contribution in [1.82, 2.24) is 5.32 Å². The Hall–Kier alpha value is -2.94. The van der Waals surface area contributed by atoms with Crippen LogP contribution in [0.2, 0.25) is 0 Å². The van der Waals surface area contributed by atoms with Crippen molar-refractivity contribution in [2.45, 2.75) is 50.9 Å². The van der Waals surface area contributed by atoms with Gasteiger partial charge in [0, 0.05) is 24.5 Å². The van der Waals surface area contributed by atoms with E-state index in [1.807, 2.05) is 54.6 Å². The number of hydrogen-bond acceptors (Lipinski definition) is 7. The van der Waals surface area contributed by atoms with Crippen molar-refractivity contribution < 1.29 is 34.0 Å². The highest BCUT2D eigenvalue weighted by molar-refractivity contribution is 6.06. The minimum Gasteiger partial charge on any atom is -0.497 e. The number of benzene rings is 2. The van der Waals surface area contributed by atoms with Gasteiger partial charge in [-0.05, 0) is 55.4 Å². The van der Waals surface area contributed by atoms with Gasteiger partial charge in [-0.25, -0.2) is 0 Å². The van der Waals surface area contributed by atoms with E-state index in [0.29, 0.717) is 19.4 Å². The molecular weight excluding hydrogens is 486 g/mol. The third-order valence-corrected chi connectivity index (χ3v) is 8.77. The molecule has 0 aromatic heterocycles. The van der Waals surface area contributed by atoms with Gasteiger partial charge in [0.2, 0.25) is 5.91 Å². The van der Waals surface area contributed by atoms with Crippen molar-refractivity contribution >= 4 is 11.9 Å². The zero-order valence-corrected chi connectivity index (χ0v) is 22.6. The molecule has 2 aromatic rings. The maximum Gasteiger partial charge on any atom is 0.322 e. The molecule has 0 unspecified atom stereocenters. The maximum absolute atomic E-state index is 13.7. The summed E-state index contributed by atoms with van der Waals surface area (Å²) in [7, 11) is 2.88. The van der Waals surface area contributed by atoms with Gasteiger partial charge in [-0.15, -0.1) is 0 Å². The van der Waals surface area contributed by atoms with Gasteiger partial charge in [-0.3, -0.25) is 9.59 Å². The molecule has 206 valence electrons. The number of carbonyl (C=O) groups is 2. The fraction of sp³-hybridized carbons (Fsp3) is 0.533. The fourth-order valence-electron chi connectivity index (χ4n) is 6.57.